The van der Waals surface area contributed by atoms with Crippen molar-refractivity contribution < 1.29 is 9.84 Å². The van der Waals surface area contributed by atoms with E-state index in [-0.39, 0.29) is 5.75 Å². The molecule has 6 heteroatoms. The van der Waals surface area contributed by atoms with Gasteiger partial charge in [0, 0.05) is 37.0 Å². The summed E-state index contributed by atoms with van der Waals surface area (Å²) in [7, 11) is 0. The summed E-state index contributed by atoms with van der Waals surface area (Å²) in [6.45, 7) is 2.97. The highest BCUT2D eigenvalue weighted by atomic mass is 35.5. The number of fused-ring (bicyclic) bond motifs is 1. The summed E-state index contributed by atoms with van der Waals surface area (Å²) in [5, 5.41) is 15.3. The van der Waals surface area contributed by atoms with Crippen LogP contribution in [0.15, 0.2) is 47.3 Å². The van der Waals surface area contributed by atoms with Gasteiger partial charge in [-0.1, -0.05) is 11.6 Å². The Bertz CT molecular complexity index is 866. The van der Waals surface area contributed by atoms with Gasteiger partial charge in [-0.25, -0.2) is 0 Å². The number of thiophene rings is 1. The first-order valence-electron chi connectivity index (χ1n) is 8.03. The SMILES string of the molecule is Oc1cc(-c2ccc(Cl)cn2)cc2c1OCCN(Cc1ccsc1)C2. The van der Waals surface area contributed by atoms with E-state index in [4.69, 9.17) is 16.3 Å². The number of benzene rings is 1. The number of hydrogen-bond acceptors (Lipinski definition) is 5. The minimum atomic E-state index is 0.154. The van der Waals surface area contributed by atoms with Crippen LogP contribution in [-0.2, 0) is 13.1 Å². The van der Waals surface area contributed by atoms with Gasteiger partial charge in [-0.2, -0.15) is 11.3 Å². The third kappa shape index (κ3) is 3.63. The molecule has 1 N–H and O–H groups in total. The van der Waals surface area contributed by atoms with Crippen molar-refractivity contribution in [1.29, 1.82) is 0 Å². The molecule has 4 rings (SSSR count). The molecule has 3 aromatic rings. The zero-order valence-corrected chi connectivity index (χ0v) is 15.1. The molecule has 0 atom stereocenters. The van der Waals surface area contributed by atoms with Gasteiger partial charge in [-0.05, 0) is 46.7 Å². The molecular weight excluding hydrogens is 356 g/mol. The quantitative estimate of drug-likeness (QED) is 0.731. The molecule has 25 heavy (non-hydrogen) atoms. The van der Waals surface area contributed by atoms with E-state index in [1.165, 1.54) is 5.56 Å². The smallest absolute Gasteiger partial charge is 0.165 e. The van der Waals surface area contributed by atoms with Gasteiger partial charge in [0.05, 0.1) is 10.7 Å². The van der Waals surface area contributed by atoms with Crippen LogP contribution in [0.2, 0.25) is 5.02 Å². The second kappa shape index (κ2) is 7.04. The van der Waals surface area contributed by atoms with Gasteiger partial charge in [-0.3, -0.25) is 9.88 Å². The molecule has 0 saturated carbocycles. The zero-order valence-electron chi connectivity index (χ0n) is 13.5. The molecule has 0 spiro atoms. The van der Waals surface area contributed by atoms with E-state index < -0.39 is 0 Å². The number of aromatic hydroxyl groups is 1. The van der Waals surface area contributed by atoms with Crippen LogP contribution < -0.4 is 4.74 Å². The molecule has 3 heterocycles. The predicted octanol–water partition coefficient (Wildman–Crippen LogP) is 4.56. The molecule has 0 radical (unpaired) electrons. The number of pyridine rings is 1. The van der Waals surface area contributed by atoms with Crippen molar-refractivity contribution in [3.05, 3.63) is 63.4 Å². The van der Waals surface area contributed by atoms with E-state index >= 15 is 0 Å². The van der Waals surface area contributed by atoms with E-state index in [2.05, 4.69) is 26.7 Å². The average Bonchev–Trinajstić information content (AvgIpc) is 3.01. The Hall–Kier alpha value is -2.08. The summed E-state index contributed by atoms with van der Waals surface area (Å²) in [5.74, 6) is 0.729. The molecule has 0 unspecified atom stereocenters. The van der Waals surface area contributed by atoms with E-state index in [0.29, 0.717) is 17.4 Å². The third-order valence-corrected chi connectivity index (χ3v) is 5.16. The Morgan fingerprint density at radius 3 is 2.96 bits per heavy atom. The number of phenols is 1. The molecule has 0 aliphatic carbocycles. The molecule has 1 aliphatic heterocycles. The van der Waals surface area contributed by atoms with Gasteiger partial charge in [0.1, 0.15) is 6.61 Å². The minimum absolute atomic E-state index is 0.154. The second-order valence-corrected chi connectivity index (χ2v) is 7.25. The lowest BCUT2D eigenvalue weighted by molar-refractivity contribution is 0.217. The summed E-state index contributed by atoms with van der Waals surface area (Å²) in [4.78, 5) is 6.67. The lowest BCUT2D eigenvalue weighted by Crippen LogP contribution is -2.24. The largest absolute Gasteiger partial charge is 0.504 e. The maximum atomic E-state index is 10.4. The van der Waals surface area contributed by atoms with Gasteiger partial charge in [0.2, 0.25) is 0 Å². The second-order valence-electron chi connectivity index (χ2n) is 6.04. The first kappa shape index (κ1) is 16.4. The fraction of sp³-hybridized carbons (Fsp3) is 0.211. The molecular formula is C19H17ClN2O2S. The monoisotopic (exact) mass is 372 g/mol. The van der Waals surface area contributed by atoms with Crippen molar-refractivity contribution in [3.8, 4) is 22.8 Å². The van der Waals surface area contributed by atoms with Crippen molar-refractivity contribution in [2.75, 3.05) is 13.2 Å². The number of hydrogen-bond donors (Lipinski definition) is 1. The molecule has 0 saturated heterocycles. The molecule has 0 fully saturated rings. The molecule has 1 aliphatic rings. The fourth-order valence-electron chi connectivity index (χ4n) is 3.02. The molecule has 4 nitrogen and oxygen atoms in total. The zero-order chi connectivity index (χ0) is 17.2. The van der Waals surface area contributed by atoms with Gasteiger partial charge in [0.25, 0.3) is 0 Å². The predicted molar refractivity (Wildman–Crippen MR) is 100 cm³/mol. The fourth-order valence-corrected chi connectivity index (χ4v) is 3.79. The van der Waals surface area contributed by atoms with Gasteiger partial charge >= 0.3 is 0 Å². The van der Waals surface area contributed by atoms with Crippen molar-refractivity contribution >= 4 is 22.9 Å². The normalized spacial score (nSPS) is 14.6. The van der Waals surface area contributed by atoms with Gasteiger partial charge in [-0.15, -0.1) is 0 Å². The first-order chi connectivity index (χ1) is 12.2. The lowest BCUT2D eigenvalue weighted by Gasteiger charge is -2.18. The number of ether oxygens (including phenoxy) is 1. The number of aromatic nitrogens is 1. The molecule has 2 aromatic heterocycles. The minimum Gasteiger partial charge on any atom is -0.504 e. The first-order valence-corrected chi connectivity index (χ1v) is 9.35. The number of halogens is 1. The van der Waals surface area contributed by atoms with Gasteiger partial charge in [0.15, 0.2) is 11.5 Å². The highest BCUT2D eigenvalue weighted by Crippen LogP contribution is 2.37. The molecule has 0 bridgehead atoms. The third-order valence-electron chi connectivity index (χ3n) is 4.20. The Morgan fingerprint density at radius 1 is 1.28 bits per heavy atom. The Balaban J connectivity index is 1.65. The maximum Gasteiger partial charge on any atom is 0.165 e. The van der Waals surface area contributed by atoms with Crippen LogP contribution >= 0.6 is 22.9 Å². The van der Waals surface area contributed by atoms with Crippen molar-refractivity contribution in [2.24, 2.45) is 0 Å². The van der Waals surface area contributed by atoms with Crippen LogP contribution in [0.4, 0.5) is 0 Å². The molecule has 0 amide bonds. The standard InChI is InChI=1S/C19H17ClN2O2S/c20-16-1-2-17(21-9-16)14-7-15-11-22(10-13-3-6-25-12-13)4-5-24-19(15)18(23)8-14/h1-3,6-9,12,23H,4-5,10-11H2. The summed E-state index contributed by atoms with van der Waals surface area (Å²) in [5.41, 5.74) is 3.90. The molecule has 128 valence electrons. The van der Waals surface area contributed by atoms with Crippen LogP contribution in [0.1, 0.15) is 11.1 Å². The summed E-state index contributed by atoms with van der Waals surface area (Å²) in [6.07, 6.45) is 1.61. The maximum absolute atomic E-state index is 10.4. The van der Waals surface area contributed by atoms with Crippen LogP contribution in [-0.4, -0.2) is 28.1 Å². The van der Waals surface area contributed by atoms with Crippen molar-refractivity contribution in [2.45, 2.75) is 13.1 Å². The summed E-state index contributed by atoms with van der Waals surface area (Å²) < 4.78 is 5.81. The molecule has 1 aromatic carbocycles. The summed E-state index contributed by atoms with van der Waals surface area (Å²) >= 11 is 7.62. The van der Waals surface area contributed by atoms with E-state index in [9.17, 15) is 5.11 Å². The van der Waals surface area contributed by atoms with E-state index in [1.54, 1.807) is 29.7 Å². The highest BCUT2D eigenvalue weighted by molar-refractivity contribution is 7.07. The van der Waals surface area contributed by atoms with Crippen molar-refractivity contribution in [3.63, 3.8) is 0 Å². The summed E-state index contributed by atoms with van der Waals surface area (Å²) in [6, 6.07) is 9.53. The van der Waals surface area contributed by atoms with Crippen LogP contribution in [0.25, 0.3) is 11.3 Å². The number of rotatable bonds is 3. The Labute approximate surface area is 155 Å². The van der Waals surface area contributed by atoms with Crippen LogP contribution in [0, 0.1) is 0 Å². The Kier molecular flexibility index (Phi) is 4.61. The lowest BCUT2D eigenvalue weighted by atomic mass is 10.0. The van der Waals surface area contributed by atoms with E-state index in [0.717, 1.165) is 36.5 Å². The number of phenolic OH excluding ortho intramolecular Hbond substituents is 1. The van der Waals surface area contributed by atoms with Crippen molar-refractivity contribution in [1.82, 2.24) is 9.88 Å². The van der Waals surface area contributed by atoms with Crippen LogP contribution in [0.5, 0.6) is 11.5 Å². The van der Waals surface area contributed by atoms with Gasteiger partial charge < -0.3 is 9.84 Å². The average molecular weight is 373 g/mol. The highest BCUT2D eigenvalue weighted by Gasteiger charge is 2.20. The topological polar surface area (TPSA) is 45.6 Å². The Morgan fingerprint density at radius 2 is 2.20 bits per heavy atom. The number of nitrogens with zero attached hydrogens (tertiary/aromatic N) is 2. The van der Waals surface area contributed by atoms with Crippen LogP contribution in [0.3, 0.4) is 0 Å². The van der Waals surface area contributed by atoms with E-state index in [1.807, 2.05) is 12.1 Å².